The van der Waals surface area contributed by atoms with Crippen molar-refractivity contribution in [3.63, 3.8) is 0 Å². The minimum atomic E-state index is 0.757. The van der Waals surface area contributed by atoms with Crippen LogP contribution in [-0.2, 0) is 9.57 Å². The van der Waals surface area contributed by atoms with Crippen LogP contribution in [0, 0.1) is 0 Å². The molecule has 0 bridgehead atoms. The molecule has 0 aliphatic rings. The van der Waals surface area contributed by atoms with Gasteiger partial charge in [-0.15, -0.1) is 0 Å². The van der Waals surface area contributed by atoms with E-state index in [1.54, 1.807) is 12.2 Å². The highest BCUT2D eigenvalue weighted by atomic mass is 16.7. The van der Waals surface area contributed by atoms with Gasteiger partial charge in [0.1, 0.15) is 0 Å². The normalized spacial score (nSPS) is 9.00. The molecule has 0 aliphatic carbocycles. The molecule has 3 nitrogen and oxygen atoms in total. The Kier molecular flexibility index (Phi) is 14.6. The summed E-state index contributed by atoms with van der Waals surface area (Å²) in [5.74, 6) is 0. The van der Waals surface area contributed by atoms with Crippen LogP contribution in [0.3, 0.4) is 0 Å². The van der Waals surface area contributed by atoms with Crippen LogP contribution in [0.2, 0.25) is 0 Å². The molecule has 0 aliphatic heterocycles. The zero-order valence-corrected chi connectivity index (χ0v) is 7.68. The molecule has 3 heteroatoms. The first-order valence-corrected chi connectivity index (χ1v) is 3.48. The van der Waals surface area contributed by atoms with Crippen LogP contribution in [-0.4, -0.2) is 39.5 Å². The highest BCUT2D eigenvalue weighted by molar-refractivity contribution is 4.06. The maximum absolute atomic E-state index is 4.88. The van der Waals surface area contributed by atoms with Crippen molar-refractivity contribution in [3.05, 3.63) is 0 Å². The first-order valence-electron chi connectivity index (χ1n) is 3.48. The van der Waals surface area contributed by atoms with Crippen molar-refractivity contribution < 1.29 is 9.57 Å². The van der Waals surface area contributed by atoms with E-state index < -0.39 is 0 Å². The maximum atomic E-state index is 4.88. The van der Waals surface area contributed by atoms with Gasteiger partial charge in [-0.2, -0.15) is 5.06 Å². The van der Waals surface area contributed by atoms with E-state index in [0.29, 0.717) is 0 Å². The second kappa shape index (κ2) is 11.6. The average Bonchev–Trinajstić information content (AvgIpc) is 1.89. The van der Waals surface area contributed by atoms with Crippen LogP contribution >= 0.6 is 0 Å². The summed E-state index contributed by atoms with van der Waals surface area (Å²) in [7, 11) is 5.41. The van der Waals surface area contributed by atoms with Gasteiger partial charge < -0.3 is 4.74 Å². The Morgan fingerprint density at radius 1 is 1.10 bits per heavy atom. The molecule has 0 saturated carbocycles. The van der Waals surface area contributed by atoms with Crippen molar-refractivity contribution in [3.8, 4) is 0 Å². The number of hydrogen-bond donors (Lipinski definition) is 0. The molecule has 0 spiro atoms. The Balaban J connectivity index is 0. The summed E-state index contributed by atoms with van der Waals surface area (Å²) in [4.78, 5) is 4.88. The van der Waals surface area contributed by atoms with Crippen molar-refractivity contribution in [2.24, 2.45) is 0 Å². The summed E-state index contributed by atoms with van der Waals surface area (Å²) in [6.45, 7) is 5.49. The molecule has 0 amide bonds. The molecule has 0 saturated heterocycles. The van der Waals surface area contributed by atoms with Crippen molar-refractivity contribution in [2.45, 2.75) is 13.8 Å². The molecule has 0 aromatic carbocycles. The SMILES string of the molecule is CCOC.CCON(C)C. The second-order valence-corrected chi connectivity index (χ2v) is 1.81. The fraction of sp³-hybridized carbons (Fsp3) is 1.00. The highest BCUT2D eigenvalue weighted by Gasteiger charge is 1.77. The van der Waals surface area contributed by atoms with Crippen LogP contribution in [0.15, 0.2) is 0 Å². The Morgan fingerprint density at radius 3 is 1.50 bits per heavy atom. The Labute approximate surface area is 63.9 Å². The van der Waals surface area contributed by atoms with E-state index in [0.717, 1.165) is 13.2 Å². The molecular formula is C7H19NO2. The molecule has 0 unspecified atom stereocenters. The van der Waals surface area contributed by atoms with Gasteiger partial charge in [0.05, 0.1) is 6.61 Å². The van der Waals surface area contributed by atoms with Crippen molar-refractivity contribution in [1.82, 2.24) is 5.06 Å². The monoisotopic (exact) mass is 149 g/mol. The van der Waals surface area contributed by atoms with E-state index in [2.05, 4.69) is 4.74 Å². The number of hydroxylamine groups is 2. The number of hydrogen-bond acceptors (Lipinski definition) is 3. The number of rotatable bonds is 3. The van der Waals surface area contributed by atoms with Crippen LogP contribution in [0.25, 0.3) is 0 Å². The van der Waals surface area contributed by atoms with E-state index in [1.807, 2.05) is 27.9 Å². The first-order chi connectivity index (χ1) is 4.68. The predicted molar refractivity (Wildman–Crippen MR) is 42.9 cm³/mol. The van der Waals surface area contributed by atoms with Gasteiger partial charge in [-0.05, 0) is 13.8 Å². The topological polar surface area (TPSA) is 21.7 Å². The lowest BCUT2D eigenvalue weighted by atomic mass is 10.9. The van der Waals surface area contributed by atoms with Gasteiger partial charge in [-0.1, -0.05) is 0 Å². The Morgan fingerprint density at radius 2 is 1.50 bits per heavy atom. The first kappa shape index (κ1) is 12.5. The summed E-state index contributed by atoms with van der Waals surface area (Å²) in [6.07, 6.45) is 0. The average molecular weight is 149 g/mol. The summed E-state index contributed by atoms with van der Waals surface area (Å²) < 4.78 is 4.54. The van der Waals surface area contributed by atoms with Crippen LogP contribution < -0.4 is 0 Å². The lowest BCUT2D eigenvalue weighted by Gasteiger charge is -2.05. The molecule has 0 rings (SSSR count). The molecule has 0 heterocycles. The number of ether oxygens (including phenoxy) is 1. The van der Waals surface area contributed by atoms with Crippen LogP contribution in [0.4, 0.5) is 0 Å². The van der Waals surface area contributed by atoms with Gasteiger partial charge in [-0.3, -0.25) is 4.84 Å². The molecule has 64 valence electrons. The lowest BCUT2D eigenvalue weighted by Crippen LogP contribution is -2.11. The molecule has 0 N–H and O–H groups in total. The van der Waals surface area contributed by atoms with E-state index in [1.165, 1.54) is 0 Å². The third-order valence-electron chi connectivity index (χ3n) is 0.676. The van der Waals surface area contributed by atoms with Crippen LogP contribution in [0.5, 0.6) is 0 Å². The third kappa shape index (κ3) is 24.8. The fourth-order valence-corrected chi connectivity index (χ4v) is 0.258. The minimum Gasteiger partial charge on any atom is -0.385 e. The van der Waals surface area contributed by atoms with Crippen LogP contribution in [0.1, 0.15) is 13.8 Å². The summed E-state index contributed by atoms with van der Waals surface area (Å²) in [6, 6.07) is 0. The summed E-state index contributed by atoms with van der Waals surface area (Å²) in [5, 5.41) is 1.68. The second-order valence-electron chi connectivity index (χ2n) is 1.81. The van der Waals surface area contributed by atoms with E-state index in [9.17, 15) is 0 Å². The van der Waals surface area contributed by atoms with E-state index >= 15 is 0 Å². The molecular weight excluding hydrogens is 130 g/mol. The molecule has 0 fully saturated rings. The van der Waals surface area contributed by atoms with Gasteiger partial charge in [-0.25, -0.2) is 0 Å². The van der Waals surface area contributed by atoms with Crippen molar-refractivity contribution in [1.29, 1.82) is 0 Å². The molecule has 0 radical (unpaired) electrons. The van der Waals surface area contributed by atoms with Crippen molar-refractivity contribution in [2.75, 3.05) is 34.4 Å². The molecule has 10 heavy (non-hydrogen) atoms. The lowest BCUT2D eigenvalue weighted by molar-refractivity contribution is -0.113. The van der Waals surface area contributed by atoms with Gasteiger partial charge in [0.15, 0.2) is 0 Å². The van der Waals surface area contributed by atoms with E-state index in [4.69, 9.17) is 4.84 Å². The molecule has 0 aromatic rings. The van der Waals surface area contributed by atoms with Gasteiger partial charge in [0.2, 0.25) is 0 Å². The molecule has 0 atom stereocenters. The largest absolute Gasteiger partial charge is 0.385 e. The zero-order chi connectivity index (χ0) is 8.41. The maximum Gasteiger partial charge on any atom is 0.0656 e. The zero-order valence-electron chi connectivity index (χ0n) is 7.68. The minimum absolute atomic E-state index is 0.757. The standard InChI is InChI=1S/C4H11NO.C3H8O/c1-4-6-5(2)3;1-3-4-2/h4H2,1-3H3;3H2,1-2H3. The number of methoxy groups -OCH3 is 1. The predicted octanol–water partition coefficient (Wildman–Crippen LogP) is 1.15. The smallest absolute Gasteiger partial charge is 0.0656 e. The quantitative estimate of drug-likeness (QED) is 0.562. The Hall–Kier alpha value is -0.120. The molecule has 0 aromatic heterocycles. The van der Waals surface area contributed by atoms with Gasteiger partial charge >= 0.3 is 0 Å². The van der Waals surface area contributed by atoms with Gasteiger partial charge in [0, 0.05) is 27.8 Å². The highest BCUT2D eigenvalue weighted by Crippen LogP contribution is 1.72. The fourth-order valence-electron chi connectivity index (χ4n) is 0.258. The van der Waals surface area contributed by atoms with E-state index in [-0.39, 0.29) is 0 Å². The van der Waals surface area contributed by atoms with Crippen molar-refractivity contribution >= 4 is 0 Å². The third-order valence-corrected chi connectivity index (χ3v) is 0.676. The Bertz CT molecular complexity index is 46.9. The summed E-state index contributed by atoms with van der Waals surface area (Å²) >= 11 is 0. The van der Waals surface area contributed by atoms with Gasteiger partial charge in [0.25, 0.3) is 0 Å². The summed E-state index contributed by atoms with van der Waals surface area (Å²) in [5.41, 5.74) is 0. The number of nitrogens with zero attached hydrogens (tertiary/aromatic N) is 1.